The Morgan fingerprint density at radius 3 is 2.91 bits per heavy atom. The molecule has 1 amide bonds. The summed E-state index contributed by atoms with van der Waals surface area (Å²) >= 11 is 3.52. The molecule has 0 aromatic heterocycles. The number of hydrogen-bond donors (Lipinski definition) is 2. The lowest BCUT2D eigenvalue weighted by Crippen LogP contribution is -2.56. The number of morpholine rings is 1. The van der Waals surface area contributed by atoms with Crippen molar-refractivity contribution >= 4 is 34.2 Å². The second-order valence-electron chi connectivity index (χ2n) is 6.02. The monoisotopic (exact) mass is 388 g/mol. The third-order valence-corrected chi connectivity index (χ3v) is 4.98. The van der Waals surface area contributed by atoms with Gasteiger partial charge in [0.2, 0.25) is 5.91 Å². The smallest absolute Gasteiger partial charge is 0.239 e. The van der Waals surface area contributed by atoms with Crippen LogP contribution in [0.5, 0.6) is 0 Å². The van der Waals surface area contributed by atoms with Crippen LogP contribution in [0.3, 0.4) is 0 Å². The van der Waals surface area contributed by atoms with Crippen LogP contribution in [-0.2, 0) is 14.9 Å². The summed E-state index contributed by atoms with van der Waals surface area (Å²) in [7, 11) is 0. The second-order valence-corrected chi connectivity index (χ2v) is 6.93. The van der Waals surface area contributed by atoms with E-state index in [9.17, 15) is 4.79 Å². The number of carbonyl (C=O) groups excluding carboxylic acids is 1. The average Bonchev–Trinajstić information content (AvgIpc) is 3.26. The average molecular weight is 390 g/mol. The van der Waals surface area contributed by atoms with E-state index in [1.165, 1.54) is 5.56 Å². The van der Waals surface area contributed by atoms with Gasteiger partial charge in [0.25, 0.3) is 0 Å². The van der Waals surface area contributed by atoms with Crippen LogP contribution in [0.15, 0.2) is 28.7 Å². The summed E-state index contributed by atoms with van der Waals surface area (Å²) in [5.41, 5.74) is 1.43. The molecule has 2 N–H and O–H groups in total. The number of ether oxygens (including phenoxy) is 1. The van der Waals surface area contributed by atoms with E-state index in [4.69, 9.17) is 4.74 Å². The minimum Gasteiger partial charge on any atom is -0.375 e. The van der Waals surface area contributed by atoms with Crippen molar-refractivity contribution in [1.29, 1.82) is 0 Å². The van der Waals surface area contributed by atoms with Gasteiger partial charge in [-0.15, -0.1) is 12.4 Å². The molecule has 1 aromatic rings. The molecule has 122 valence electrons. The van der Waals surface area contributed by atoms with Crippen LogP contribution in [0.1, 0.15) is 25.3 Å². The fourth-order valence-corrected chi connectivity index (χ4v) is 3.33. The standard InChI is InChI=1S/C16H21BrN2O2.ClH/c1-11-14(18-7-8-21-11)15(20)19-10-16(5-6-16)12-3-2-4-13(17)9-12;/h2-4,9,11,14,18H,5-8,10H2,1H3,(H,19,20);1H/t11-,14+;/m1./s1. The van der Waals surface area contributed by atoms with Gasteiger partial charge >= 0.3 is 0 Å². The molecule has 1 aromatic carbocycles. The Morgan fingerprint density at radius 2 is 2.27 bits per heavy atom. The summed E-state index contributed by atoms with van der Waals surface area (Å²) < 4.78 is 6.62. The molecule has 0 radical (unpaired) electrons. The largest absolute Gasteiger partial charge is 0.375 e. The molecule has 0 unspecified atom stereocenters. The lowest BCUT2D eigenvalue weighted by atomic mass is 9.96. The fraction of sp³-hybridized carbons (Fsp3) is 0.562. The first-order chi connectivity index (χ1) is 10.1. The summed E-state index contributed by atoms with van der Waals surface area (Å²) in [5, 5.41) is 6.34. The quantitative estimate of drug-likeness (QED) is 0.831. The molecule has 3 rings (SSSR count). The van der Waals surface area contributed by atoms with Crippen LogP contribution in [-0.4, -0.2) is 37.7 Å². The third-order valence-electron chi connectivity index (χ3n) is 4.49. The maximum atomic E-state index is 12.3. The maximum absolute atomic E-state index is 12.3. The van der Waals surface area contributed by atoms with Gasteiger partial charge in [-0.25, -0.2) is 0 Å². The number of nitrogens with one attached hydrogen (secondary N) is 2. The van der Waals surface area contributed by atoms with Crippen molar-refractivity contribution in [1.82, 2.24) is 10.6 Å². The number of amides is 1. The zero-order valence-corrected chi connectivity index (χ0v) is 15.0. The molecule has 1 aliphatic carbocycles. The van der Waals surface area contributed by atoms with Gasteiger partial charge in [-0.2, -0.15) is 0 Å². The zero-order chi connectivity index (χ0) is 14.9. The van der Waals surface area contributed by atoms with Gasteiger partial charge in [0.05, 0.1) is 12.7 Å². The molecule has 2 atom stereocenters. The summed E-state index contributed by atoms with van der Waals surface area (Å²) in [6.07, 6.45) is 2.20. The van der Waals surface area contributed by atoms with E-state index < -0.39 is 0 Å². The second kappa shape index (κ2) is 7.30. The van der Waals surface area contributed by atoms with E-state index in [0.29, 0.717) is 13.2 Å². The van der Waals surface area contributed by atoms with Crippen molar-refractivity contribution in [3.63, 3.8) is 0 Å². The van der Waals surface area contributed by atoms with Gasteiger partial charge in [0, 0.05) is 23.0 Å². The Kier molecular flexibility index (Phi) is 5.88. The molecule has 4 nitrogen and oxygen atoms in total. The van der Waals surface area contributed by atoms with Gasteiger partial charge in [-0.05, 0) is 37.5 Å². The van der Waals surface area contributed by atoms with Crippen LogP contribution in [0.25, 0.3) is 0 Å². The van der Waals surface area contributed by atoms with Crippen molar-refractivity contribution in [2.75, 3.05) is 19.7 Å². The Bertz CT molecular complexity index is 537. The van der Waals surface area contributed by atoms with Gasteiger partial charge in [0.1, 0.15) is 6.04 Å². The first kappa shape index (κ1) is 17.7. The van der Waals surface area contributed by atoms with Crippen molar-refractivity contribution in [3.8, 4) is 0 Å². The van der Waals surface area contributed by atoms with E-state index >= 15 is 0 Å². The summed E-state index contributed by atoms with van der Waals surface area (Å²) in [6.45, 7) is 4.05. The predicted octanol–water partition coefficient (Wildman–Crippen LogP) is 2.40. The van der Waals surface area contributed by atoms with Gasteiger partial charge < -0.3 is 15.4 Å². The molecule has 1 heterocycles. The van der Waals surface area contributed by atoms with Crippen LogP contribution >= 0.6 is 28.3 Å². The lowest BCUT2D eigenvalue weighted by Gasteiger charge is -2.30. The minimum absolute atomic E-state index is 0. The van der Waals surface area contributed by atoms with Crippen LogP contribution in [0.2, 0.25) is 0 Å². The SMILES string of the molecule is C[C@H]1OCCN[C@@H]1C(=O)NCC1(c2cccc(Br)c2)CC1.Cl. The normalized spacial score (nSPS) is 25.9. The molecule has 0 bridgehead atoms. The number of benzene rings is 1. The molecular weight excluding hydrogens is 368 g/mol. The molecule has 1 aliphatic heterocycles. The first-order valence-corrected chi connectivity index (χ1v) is 8.29. The molecule has 22 heavy (non-hydrogen) atoms. The summed E-state index contributed by atoms with van der Waals surface area (Å²) in [6, 6.07) is 8.15. The van der Waals surface area contributed by atoms with Crippen LogP contribution in [0.4, 0.5) is 0 Å². The number of hydrogen-bond acceptors (Lipinski definition) is 3. The van der Waals surface area contributed by atoms with Crippen molar-refractivity contribution in [2.24, 2.45) is 0 Å². The Hall–Kier alpha value is -0.620. The van der Waals surface area contributed by atoms with Gasteiger partial charge in [-0.3, -0.25) is 4.79 Å². The number of rotatable bonds is 4. The molecule has 1 saturated heterocycles. The first-order valence-electron chi connectivity index (χ1n) is 7.49. The maximum Gasteiger partial charge on any atom is 0.239 e. The minimum atomic E-state index is -0.239. The molecule has 6 heteroatoms. The van der Waals surface area contributed by atoms with Crippen molar-refractivity contribution in [3.05, 3.63) is 34.3 Å². The fourth-order valence-electron chi connectivity index (χ4n) is 2.93. The molecule has 1 saturated carbocycles. The van der Waals surface area contributed by atoms with E-state index in [2.05, 4.69) is 44.8 Å². The number of halogens is 2. The lowest BCUT2D eigenvalue weighted by molar-refractivity contribution is -0.129. The molecule has 0 spiro atoms. The topological polar surface area (TPSA) is 50.4 Å². The van der Waals surface area contributed by atoms with Crippen molar-refractivity contribution < 1.29 is 9.53 Å². The Morgan fingerprint density at radius 1 is 1.50 bits per heavy atom. The van der Waals surface area contributed by atoms with E-state index in [1.807, 2.05) is 13.0 Å². The van der Waals surface area contributed by atoms with Gasteiger partial charge in [-0.1, -0.05) is 28.1 Å². The third kappa shape index (κ3) is 3.82. The Balaban J connectivity index is 0.00000176. The highest BCUT2D eigenvalue weighted by Gasteiger charge is 2.44. The summed E-state index contributed by atoms with van der Waals surface area (Å²) in [4.78, 5) is 12.3. The molecule has 2 aliphatic rings. The predicted molar refractivity (Wildman–Crippen MR) is 92.5 cm³/mol. The van der Waals surface area contributed by atoms with E-state index in [1.54, 1.807) is 0 Å². The highest BCUT2D eigenvalue weighted by Crippen LogP contribution is 2.48. The Labute approximate surface area is 145 Å². The zero-order valence-electron chi connectivity index (χ0n) is 12.6. The van der Waals surface area contributed by atoms with Crippen molar-refractivity contribution in [2.45, 2.75) is 37.3 Å². The molecule has 2 fully saturated rings. The number of carbonyl (C=O) groups is 1. The highest BCUT2D eigenvalue weighted by molar-refractivity contribution is 9.10. The van der Waals surface area contributed by atoms with E-state index in [-0.39, 0.29) is 35.9 Å². The highest BCUT2D eigenvalue weighted by atomic mass is 79.9. The summed E-state index contributed by atoms with van der Waals surface area (Å²) in [5.74, 6) is 0.0449. The van der Waals surface area contributed by atoms with Crippen LogP contribution in [0, 0.1) is 0 Å². The molecular formula is C16H22BrClN2O2. The van der Waals surface area contributed by atoms with Gasteiger partial charge in [0.15, 0.2) is 0 Å². The van der Waals surface area contributed by atoms with Crippen LogP contribution < -0.4 is 10.6 Å². The van der Waals surface area contributed by atoms with E-state index in [0.717, 1.165) is 23.9 Å².